The first-order valence-electron chi connectivity index (χ1n) is 12.1. The first-order chi connectivity index (χ1) is 15.6. The SMILES string of the molecule is CCCCCCCC(=O)N[C@@H](CCN)C(=O)N[C@H](C(=O)N[C@@H](CCN)C(=O)C(C)C)C(C)O. The molecule has 0 aromatic carbocycles. The van der Waals surface area contributed by atoms with Crippen LogP contribution >= 0.6 is 0 Å². The van der Waals surface area contributed by atoms with Crippen LogP contribution in [0.2, 0.25) is 0 Å². The predicted octanol–water partition coefficient (Wildman–Crippen LogP) is 0.105. The first kappa shape index (κ1) is 31.0. The van der Waals surface area contributed by atoms with Crippen molar-refractivity contribution in [1.29, 1.82) is 0 Å². The molecule has 0 saturated carbocycles. The minimum Gasteiger partial charge on any atom is -0.391 e. The average Bonchev–Trinajstić information content (AvgIpc) is 2.75. The molecule has 0 heterocycles. The summed E-state index contributed by atoms with van der Waals surface area (Å²) in [6, 6.07) is -3.04. The number of carbonyl (C=O) groups excluding carboxylic acids is 4. The number of hydrogen-bond donors (Lipinski definition) is 6. The molecule has 0 rings (SSSR count). The van der Waals surface area contributed by atoms with Crippen molar-refractivity contribution < 1.29 is 24.3 Å². The molecule has 0 spiro atoms. The van der Waals surface area contributed by atoms with Gasteiger partial charge in [0.2, 0.25) is 17.7 Å². The Bertz CT molecular complexity index is 612. The van der Waals surface area contributed by atoms with E-state index < -0.39 is 36.0 Å². The van der Waals surface area contributed by atoms with Crippen LogP contribution in [0.4, 0.5) is 0 Å². The van der Waals surface area contributed by atoms with Gasteiger partial charge >= 0.3 is 0 Å². The van der Waals surface area contributed by atoms with E-state index in [0.717, 1.165) is 32.1 Å². The van der Waals surface area contributed by atoms with E-state index in [1.807, 2.05) is 0 Å². The fraction of sp³-hybridized carbons (Fsp3) is 0.826. The van der Waals surface area contributed by atoms with Crippen molar-refractivity contribution in [2.75, 3.05) is 13.1 Å². The molecular weight excluding hydrogens is 426 g/mol. The largest absolute Gasteiger partial charge is 0.391 e. The number of nitrogens with two attached hydrogens (primary N) is 2. The maximum absolute atomic E-state index is 12.8. The van der Waals surface area contributed by atoms with E-state index >= 15 is 0 Å². The summed E-state index contributed by atoms with van der Waals surface area (Å²) < 4.78 is 0. The highest BCUT2D eigenvalue weighted by molar-refractivity contribution is 5.95. The average molecular weight is 472 g/mol. The van der Waals surface area contributed by atoms with Crippen molar-refractivity contribution >= 4 is 23.5 Å². The molecule has 33 heavy (non-hydrogen) atoms. The number of aliphatic hydroxyl groups excluding tert-OH is 1. The van der Waals surface area contributed by atoms with Gasteiger partial charge in [-0.3, -0.25) is 19.2 Å². The lowest BCUT2D eigenvalue weighted by Crippen LogP contribution is -2.59. The Kier molecular flexibility index (Phi) is 16.4. The van der Waals surface area contributed by atoms with Gasteiger partial charge in [-0.05, 0) is 39.3 Å². The Morgan fingerprint density at radius 1 is 0.788 bits per heavy atom. The van der Waals surface area contributed by atoms with E-state index in [1.165, 1.54) is 6.92 Å². The zero-order chi connectivity index (χ0) is 25.4. The van der Waals surface area contributed by atoms with E-state index in [1.54, 1.807) is 13.8 Å². The van der Waals surface area contributed by atoms with Gasteiger partial charge in [-0.1, -0.05) is 46.5 Å². The van der Waals surface area contributed by atoms with E-state index in [9.17, 15) is 24.3 Å². The van der Waals surface area contributed by atoms with Gasteiger partial charge in [0.1, 0.15) is 12.1 Å². The van der Waals surface area contributed by atoms with Crippen molar-refractivity contribution in [1.82, 2.24) is 16.0 Å². The molecule has 0 radical (unpaired) electrons. The highest BCUT2D eigenvalue weighted by Crippen LogP contribution is 2.07. The number of nitrogens with one attached hydrogen (secondary N) is 3. The third-order valence-corrected chi connectivity index (χ3v) is 5.36. The van der Waals surface area contributed by atoms with Gasteiger partial charge in [0.15, 0.2) is 5.78 Å². The number of Topliss-reactive ketones (excluding diaryl/α,β-unsaturated/α-hetero) is 1. The summed E-state index contributed by atoms with van der Waals surface area (Å²) in [7, 11) is 0. The van der Waals surface area contributed by atoms with Crippen LogP contribution in [0, 0.1) is 5.92 Å². The number of carbonyl (C=O) groups is 4. The summed E-state index contributed by atoms with van der Waals surface area (Å²) in [5, 5.41) is 17.9. The van der Waals surface area contributed by atoms with Crippen LogP contribution in [0.1, 0.15) is 79.1 Å². The molecule has 0 aliphatic rings. The summed E-state index contributed by atoms with van der Waals surface area (Å²) in [6.07, 6.45) is 4.47. The molecule has 3 amide bonds. The van der Waals surface area contributed by atoms with Gasteiger partial charge < -0.3 is 32.5 Å². The Labute approximate surface area is 198 Å². The van der Waals surface area contributed by atoms with E-state index in [0.29, 0.717) is 6.42 Å². The normalized spacial score (nSPS) is 14.8. The fourth-order valence-electron chi connectivity index (χ4n) is 3.37. The summed E-state index contributed by atoms with van der Waals surface area (Å²) in [6.45, 7) is 7.26. The molecule has 0 fully saturated rings. The van der Waals surface area contributed by atoms with E-state index in [2.05, 4.69) is 22.9 Å². The van der Waals surface area contributed by atoms with Gasteiger partial charge in [0, 0.05) is 12.3 Å². The molecule has 10 nitrogen and oxygen atoms in total. The van der Waals surface area contributed by atoms with Crippen molar-refractivity contribution in [3.05, 3.63) is 0 Å². The van der Waals surface area contributed by atoms with Crippen molar-refractivity contribution in [3.63, 3.8) is 0 Å². The number of hydrogen-bond acceptors (Lipinski definition) is 7. The minimum atomic E-state index is -1.30. The Morgan fingerprint density at radius 3 is 1.88 bits per heavy atom. The van der Waals surface area contributed by atoms with E-state index in [4.69, 9.17) is 11.5 Å². The number of amides is 3. The third-order valence-electron chi connectivity index (χ3n) is 5.36. The quantitative estimate of drug-likeness (QED) is 0.154. The molecule has 1 unspecified atom stereocenters. The van der Waals surface area contributed by atoms with Crippen LogP contribution in [0.5, 0.6) is 0 Å². The van der Waals surface area contributed by atoms with Crippen molar-refractivity contribution in [3.8, 4) is 0 Å². The number of unbranched alkanes of at least 4 members (excludes halogenated alkanes) is 4. The topological polar surface area (TPSA) is 177 Å². The lowest BCUT2D eigenvalue weighted by Gasteiger charge is -2.27. The molecule has 0 aliphatic heterocycles. The van der Waals surface area contributed by atoms with Gasteiger partial charge in [-0.25, -0.2) is 0 Å². The number of aliphatic hydroxyl groups is 1. The minimum absolute atomic E-state index is 0.155. The number of ketones is 1. The highest BCUT2D eigenvalue weighted by atomic mass is 16.3. The van der Waals surface area contributed by atoms with Crippen LogP contribution in [0.3, 0.4) is 0 Å². The number of rotatable bonds is 18. The maximum atomic E-state index is 12.8. The second kappa shape index (κ2) is 17.4. The Morgan fingerprint density at radius 2 is 1.36 bits per heavy atom. The lowest BCUT2D eigenvalue weighted by molar-refractivity contribution is -0.136. The van der Waals surface area contributed by atoms with Crippen LogP contribution < -0.4 is 27.4 Å². The monoisotopic (exact) mass is 471 g/mol. The highest BCUT2D eigenvalue weighted by Gasteiger charge is 2.32. The lowest BCUT2D eigenvalue weighted by atomic mass is 9.98. The van der Waals surface area contributed by atoms with Crippen molar-refractivity contribution in [2.24, 2.45) is 17.4 Å². The van der Waals surface area contributed by atoms with Crippen LogP contribution in [-0.4, -0.2) is 65.9 Å². The Hall–Kier alpha value is -2.04. The fourth-order valence-corrected chi connectivity index (χ4v) is 3.37. The van der Waals surface area contributed by atoms with Crippen LogP contribution in [0.25, 0.3) is 0 Å². The van der Waals surface area contributed by atoms with Crippen LogP contribution in [0.15, 0.2) is 0 Å². The second-order valence-corrected chi connectivity index (χ2v) is 8.78. The summed E-state index contributed by atoms with van der Waals surface area (Å²) >= 11 is 0. The van der Waals surface area contributed by atoms with Crippen molar-refractivity contribution in [2.45, 2.75) is 103 Å². The second-order valence-electron chi connectivity index (χ2n) is 8.78. The molecule has 0 aromatic heterocycles. The Balaban J connectivity index is 5.10. The van der Waals surface area contributed by atoms with Gasteiger partial charge in [-0.15, -0.1) is 0 Å². The van der Waals surface area contributed by atoms with Gasteiger partial charge in [-0.2, -0.15) is 0 Å². The zero-order valence-corrected chi connectivity index (χ0v) is 20.7. The van der Waals surface area contributed by atoms with Crippen LogP contribution in [-0.2, 0) is 19.2 Å². The van der Waals surface area contributed by atoms with Gasteiger partial charge in [0.25, 0.3) is 0 Å². The molecule has 0 aliphatic carbocycles. The maximum Gasteiger partial charge on any atom is 0.245 e. The van der Waals surface area contributed by atoms with E-state index in [-0.39, 0.29) is 43.5 Å². The molecule has 8 N–H and O–H groups in total. The molecule has 0 saturated heterocycles. The third kappa shape index (κ3) is 12.7. The first-order valence-corrected chi connectivity index (χ1v) is 12.1. The molecule has 10 heteroatoms. The summed E-state index contributed by atoms with van der Waals surface area (Å²) in [5.74, 6) is -2.07. The molecule has 192 valence electrons. The smallest absolute Gasteiger partial charge is 0.245 e. The van der Waals surface area contributed by atoms with Gasteiger partial charge in [0.05, 0.1) is 12.1 Å². The standard InChI is InChI=1S/C23H45N5O5/c1-5-6-7-8-9-10-19(30)26-18(12-14-25)22(32)28-20(16(4)29)23(33)27-17(11-13-24)21(31)15(2)3/h15-18,20,29H,5-14,24-25H2,1-4H3,(H,26,30)(H,27,33)(H,28,32)/t16?,17-,18-,20-/m0/s1. The molecular formula is C23H45N5O5. The molecule has 4 atom stereocenters. The zero-order valence-electron chi connectivity index (χ0n) is 20.7. The summed E-state index contributed by atoms with van der Waals surface area (Å²) in [5.41, 5.74) is 11.2. The molecule has 0 bridgehead atoms. The predicted molar refractivity (Wildman–Crippen MR) is 128 cm³/mol. The summed E-state index contributed by atoms with van der Waals surface area (Å²) in [4.78, 5) is 50.2. The molecule has 0 aromatic rings.